The fraction of sp³-hybridized carbons (Fsp3) is 0.611. The number of nitrogens with zero attached hydrogens (tertiary/aromatic N) is 4. The second kappa shape index (κ2) is 7.85. The van der Waals surface area contributed by atoms with Gasteiger partial charge in [-0.2, -0.15) is 0 Å². The highest BCUT2D eigenvalue weighted by atomic mass is 32.1. The van der Waals surface area contributed by atoms with Gasteiger partial charge in [-0.15, -0.1) is 11.3 Å². The third kappa shape index (κ3) is 3.54. The number of piperazine rings is 1. The smallest absolute Gasteiger partial charge is 0.234 e. The Morgan fingerprint density at radius 1 is 1.27 bits per heavy atom. The maximum absolute atomic E-state index is 12.0. The van der Waals surface area contributed by atoms with Crippen LogP contribution in [0, 0.1) is 0 Å². The van der Waals surface area contributed by atoms with Gasteiger partial charge in [0.2, 0.25) is 5.91 Å². The van der Waals surface area contributed by atoms with Crippen LogP contribution < -0.4 is 10.2 Å². The maximum atomic E-state index is 12.0. The van der Waals surface area contributed by atoms with E-state index in [4.69, 9.17) is 4.74 Å². The lowest BCUT2D eigenvalue weighted by atomic mass is 10.1. The van der Waals surface area contributed by atoms with Gasteiger partial charge in [-0.05, 0) is 24.8 Å². The summed E-state index contributed by atoms with van der Waals surface area (Å²) in [5, 5.41) is 4.16. The van der Waals surface area contributed by atoms with Crippen LogP contribution in [0.2, 0.25) is 0 Å². The zero-order valence-electron chi connectivity index (χ0n) is 15.2. The molecule has 1 aliphatic carbocycles. The predicted molar refractivity (Wildman–Crippen MR) is 103 cm³/mol. The first-order valence-electron chi connectivity index (χ1n) is 9.24. The van der Waals surface area contributed by atoms with Gasteiger partial charge in [0, 0.05) is 44.7 Å². The fourth-order valence-electron chi connectivity index (χ4n) is 3.82. The lowest BCUT2D eigenvalue weighted by molar-refractivity contribution is -0.122. The fourth-order valence-corrected chi connectivity index (χ4v) is 5.04. The number of aryl methyl sites for hydroxylation is 2. The minimum atomic E-state index is 0.0654. The minimum Gasteiger partial charge on any atom is -0.383 e. The van der Waals surface area contributed by atoms with Gasteiger partial charge < -0.3 is 15.0 Å². The number of carbonyl (C=O) groups is 1. The number of amides is 1. The van der Waals surface area contributed by atoms with Gasteiger partial charge in [-0.3, -0.25) is 9.69 Å². The van der Waals surface area contributed by atoms with Gasteiger partial charge >= 0.3 is 0 Å². The first-order valence-corrected chi connectivity index (χ1v) is 10.1. The SMILES string of the molecule is COCCNC(=O)CN1CCN(c2ncnc3sc4c(c23)CCC4)CC1. The molecule has 8 heteroatoms. The molecule has 2 aromatic rings. The van der Waals surface area contributed by atoms with Gasteiger partial charge in [0.1, 0.15) is 17.0 Å². The number of methoxy groups -OCH3 is 1. The number of anilines is 1. The van der Waals surface area contributed by atoms with Crippen LogP contribution >= 0.6 is 11.3 Å². The van der Waals surface area contributed by atoms with Crippen molar-refractivity contribution < 1.29 is 9.53 Å². The molecule has 0 radical (unpaired) electrons. The highest BCUT2D eigenvalue weighted by Crippen LogP contribution is 2.40. The maximum Gasteiger partial charge on any atom is 0.234 e. The molecule has 1 N–H and O–H groups in total. The van der Waals surface area contributed by atoms with E-state index in [0.717, 1.165) is 43.2 Å². The van der Waals surface area contributed by atoms with E-state index in [1.807, 2.05) is 11.3 Å². The average Bonchev–Trinajstić information content (AvgIpc) is 3.23. The number of hydrogen-bond acceptors (Lipinski definition) is 7. The molecule has 1 fully saturated rings. The van der Waals surface area contributed by atoms with Crippen molar-refractivity contribution in [3.8, 4) is 0 Å². The van der Waals surface area contributed by atoms with E-state index >= 15 is 0 Å². The third-order valence-corrected chi connectivity index (χ3v) is 6.35. The molecular formula is C18H25N5O2S. The van der Waals surface area contributed by atoms with Crippen molar-refractivity contribution >= 4 is 33.3 Å². The van der Waals surface area contributed by atoms with E-state index in [1.165, 1.54) is 28.7 Å². The second-order valence-electron chi connectivity index (χ2n) is 6.84. The topological polar surface area (TPSA) is 70.6 Å². The Hall–Kier alpha value is -1.77. The Morgan fingerprint density at radius 3 is 2.92 bits per heavy atom. The van der Waals surface area contributed by atoms with Crippen LogP contribution in [0.1, 0.15) is 16.9 Å². The molecule has 0 unspecified atom stereocenters. The van der Waals surface area contributed by atoms with Crippen molar-refractivity contribution in [1.82, 2.24) is 20.2 Å². The summed E-state index contributed by atoms with van der Waals surface area (Å²) in [6.45, 7) is 5.09. The Bertz CT molecular complexity index is 785. The molecule has 26 heavy (non-hydrogen) atoms. The number of carbonyl (C=O) groups excluding carboxylic acids is 1. The van der Waals surface area contributed by atoms with Crippen molar-refractivity contribution in [1.29, 1.82) is 0 Å². The van der Waals surface area contributed by atoms with Gasteiger partial charge in [0.05, 0.1) is 18.5 Å². The highest BCUT2D eigenvalue weighted by molar-refractivity contribution is 7.19. The largest absolute Gasteiger partial charge is 0.383 e. The standard InChI is InChI=1S/C18H25N5O2S/c1-25-10-5-19-15(24)11-22-6-8-23(9-7-22)17-16-13-3-2-4-14(13)26-18(16)21-12-20-17/h12H,2-11H2,1H3,(H,19,24). The van der Waals surface area contributed by atoms with Crippen LogP contribution in [-0.2, 0) is 22.4 Å². The van der Waals surface area contributed by atoms with Crippen LogP contribution in [0.15, 0.2) is 6.33 Å². The van der Waals surface area contributed by atoms with Crippen molar-refractivity contribution in [2.24, 2.45) is 0 Å². The monoisotopic (exact) mass is 375 g/mol. The number of thiophene rings is 1. The van der Waals surface area contributed by atoms with E-state index in [0.29, 0.717) is 19.7 Å². The second-order valence-corrected chi connectivity index (χ2v) is 7.92. The number of nitrogens with one attached hydrogen (secondary N) is 1. The summed E-state index contributed by atoms with van der Waals surface area (Å²) in [5.74, 6) is 1.15. The average molecular weight is 375 g/mol. The molecule has 2 aliphatic rings. The third-order valence-electron chi connectivity index (χ3n) is 5.15. The van der Waals surface area contributed by atoms with Crippen LogP contribution in [0.4, 0.5) is 5.82 Å². The van der Waals surface area contributed by atoms with E-state index < -0.39 is 0 Å². The highest BCUT2D eigenvalue weighted by Gasteiger charge is 2.26. The van der Waals surface area contributed by atoms with Crippen LogP contribution in [-0.4, -0.2) is 73.8 Å². The summed E-state index contributed by atoms with van der Waals surface area (Å²) in [6.07, 6.45) is 5.27. The number of aromatic nitrogens is 2. The van der Waals surface area contributed by atoms with Gasteiger partial charge in [0.15, 0.2) is 0 Å². The predicted octanol–water partition coefficient (Wildman–Crippen LogP) is 1.06. The molecule has 140 valence electrons. The van der Waals surface area contributed by atoms with E-state index in [2.05, 4.69) is 25.1 Å². The summed E-state index contributed by atoms with van der Waals surface area (Å²) in [5.41, 5.74) is 1.47. The lowest BCUT2D eigenvalue weighted by Gasteiger charge is -2.35. The quantitative estimate of drug-likeness (QED) is 0.762. The number of hydrogen-bond donors (Lipinski definition) is 1. The van der Waals surface area contributed by atoms with Crippen molar-refractivity contribution in [3.05, 3.63) is 16.8 Å². The van der Waals surface area contributed by atoms with Crippen molar-refractivity contribution in [3.63, 3.8) is 0 Å². The van der Waals surface area contributed by atoms with Crippen LogP contribution in [0.25, 0.3) is 10.2 Å². The first-order chi connectivity index (χ1) is 12.8. The number of rotatable bonds is 6. The van der Waals surface area contributed by atoms with E-state index in [-0.39, 0.29) is 5.91 Å². The molecule has 3 heterocycles. The van der Waals surface area contributed by atoms with Gasteiger partial charge in [-0.1, -0.05) is 0 Å². The summed E-state index contributed by atoms with van der Waals surface area (Å²) in [7, 11) is 1.64. The molecule has 4 rings (SSSR count). The molecule has 2 aromatic heterocycles. The molecule has 0 aromatic carbocycles. The first kappa shape index (κ1) is 17.6. The molecule has 1 aliphatic heterocycles. The molecular weight excluding hydrogens is 350 g/mol. The summed E-state index contributed by atoms with van der Waals surface area (Å²) in [4.78, 5) is 28.3. The van der Waals surface area contributed by atoms with E-state index in [9.17, 15) is 4.79 Å². The van der Waals surface area contributed by atoms with Crippen LogP contribution in [0.5, 0.6) is 0 Å². The zero-order chi connectivity index (χ0) is 17.9. The molecule has 0 bridgehead atoms. The molecule has 1 saturated heterocycles. The van der Waals surface area contributed by atoms with E-state index in [1.54, 1.807) is 13.4 Å². The molecule has 1 amide bonds. The minimum absolute atomic E-state index is 0.0654. The Balaban J connectivity index is 1.40. The molecule has 0 spiro atoms. The van der Waals surface area contributed by atoms with Crippen molar-refractivity contribution in [2.45, 2.75) is 19.3 Å². The summed E-state index contributed by atoms with van der Waals surface area (Å²) >= 11 is 1.83. The van der Waals surface area contributed by atoms with Gasteiger partial charge in [-0.25, -0.2) is 9.97 Å². The zero-order valence-corrected chi connectivity index (χ0v) is 16.0. The lowest BCUT2D eigenvalue weighted by Crippen LogP contribution is -2.50. The van der Waals surface area contributed by atoms with Crippen molar-refractivity contribution in [2.75, 3.05) is 57.9 Å². The van der Waals surface area contributed by atoms with Crippen LogP contribution in [0.3, 0.4) is 0 Å². The Kier molecular flexibility index (Phi) is 5.33. The number of ether oxygens (including phenoxy) is 1. The molecule has 0 saturated carbocycles. The Morgan fingerprint density at radius 2 is 2.12 bits per heavy atom. The summed E-state index contributed by atoms with van der Waals surface area (Å²) in [6, 6.07) is 0. The molecule has 0 atom stereocenters. The number of fused-ring (bicyclic) bond motifs is 3. The normalized spacial score (nSPS) is 17.7. The Labute approximate surface area is 157 Å². The summed E-state index contributed by atoms with van der Waals surface area (Å²) < 4.78 is 4.96. The molecule has 7 nitrogen and oxygen atoms in total. The van der Waals surface area contributed by atoms with Gasteiger partial charge in [0.25, 0.3) is 0 Å².